The van der Waals surface area contributed by atoms with Crippen LogP contribution in [-0.2, 0) is 12.8 Å². The summed E-state index contributed by atoms with van der Waals surface area (Å²) in [5.41, 5.74) is 6.47. The Morgan fingerprint density at radius 3 is 2.95 bits per heavy atom. The molecule has 0 saturated heterocycles. The van der Waals surface area contributed by atoms with Gasteiger partial charge in [0.15, 0.2) is 0 Å². The van der Waals surface area contributed by atoms with Crippen LogP contribution in [0.25, 0.3) is 22.3 Å². The third kappa shape index (κ3) is 1.93. The lowest BCUT2D eigenvalue weighted by Gasteiger charge is -2.11. The number of aromatic nitrogens is 3. The number of nitrogens with one attached hydrogen (secondary N) is 3. The number of hydrogen-bond donors (Lipinski definition) is 3. The van der Waals surface area contributed by atoms with Crippen LogP contribution in [-0.4, -0.2) is 27.1 Å². The van der Waals surface area contributed by atoms with Crippen LogP contribution in [0.1, 0.15) is 35.3 Å². The minimum Gasteiger partial charge on any atom is -0.353 e. The van der Waals surface area contributed by atoms with Gasteiger partial charge in [-0.25, -0.2) is 0 Å². The van der Waals surface area contributed by atoms with Crippen molar-refractivity contribution in [1.29, 1.82) is 0 Å². The SMILES string of the molecule is CC(C)NC(=O)c1ccc2[nH]c3c(c2c1)CCc1cn[nH]c1-3. The second-order valence-corrected chi connectivity index (χ2v) is 6.14. The zero-order chi connectivity index (χ0) is 15.3. The molecular weight excluding hydrogens is 276 g/mol. The number of aromatic amines is 2. The van der Waals surface area contributed by atoms with Crippen molar-refractivity contribution < 1.29 is 4.79 Å². The molecule has 22 heavy (non-hydrogen) atoms. The van der Waals surface area contributed by atoms with Gasteiger partial charge in [-0.05, 0) is 56.0 Å². The number of benzene rings is 1. The number of amides is 1. The van der Waals surface area contributed by atoms with Gasteiger partial charge >= 0.3 is 0 Å². The minimum atomic E-state index is -0.0233. The highest BCUT2D eigenvalue weighted by Crippen LogP contribution is 2.36. The number of nitrogens with zero attached hydrogens (tertiary/aromatic N) is 1. The molecule has 3 N–H and O–H groups in total. The highest BCUT2D eigenvalue weighted by Gasteiger charge is 2.22. The Labute approximate surface area is 128 Å². The molecular formula is C17H18N4O. The maximum atomic E-state index is 12.2. The van der Waals surface area contributed by atoms with E-state index in [1.807, 2.05) is 38.2 Å². The molecule has 1 aromatic carbocycles. The van der Waals surface area contributed by atoms with E-state index in [2.05, 4.69) is 20.5 Å². The molecule has 2 heterocycles. The van der Waals surface area contributed by atoms with Gasteiger partial charge < -0.3 is 10.3 Å². The van der Waals surface area contributed by atoms with Crippen LogP contribution in [0.15, 0.2) is 24.4 Å². The predicted molar refractivity (Wildman–Crippen MR) is 85.9 cm³/mol. The van der Waals surface area contributed by atoms with Crippen LogP contribution >= 0.6 is 0 Å². The first-order valence-electron chi connectivity index (χ1n) is 7.61. The summed E-state index contributed by atoms with van der Waals surface area (Å²) >= 11 is 0. The van der Waals surface area contributed by atoms with Gasteiger partial charge in [0.05, 0.1) is 17.6 Å². The van der Waals surface area contributed by atoms with Crippen molar-refractivity contribution in [2.75, 3.05) is 0 Å². The zero-order valence-electron chi connectivity index (χ0n) is 12.7. The van der Waals surface area contributed by atoms with E-state index < -0.39 is 0 Å². The molecule has 4 rings (SSSR count). The van der Waals surface area contributed by atoms with Crippen molar-refractivity contribution in [3.8, 4) is 11.4 Å². The predicted octanol–water partition coefficient (Wildman–Crippen LogP) is 2.79. The molecule has 0 aliphatic heterocycles. The fraction of sp³-hybridized carbons (Fsp3) is 0.294. The van der Waals surface area contributed by atoms with Crippen LogP contribution in [0.5, 0.6) is 0 Å². The van der Waals surface area contributed by atoms with E-state index >= 15 is 0 Å². The molecule has 0 spiro atoms. The highest BCUT2D eigenvalue weighted by atomic mass is 16.1. The van der Waals surface area contributed by atoms with Crippen molar-refractivity contribution in [1.82, 2.24) is 20.5 Å². The summed E-state index contributed by atoms with van der Waals surface area (Å²) in [5.74, 6) is -0.0233. The normalized spacial score (nSPS) is 13.2. The summed E-state index contributed by atoms with van der Waals surface area (Å²) in [5, 5.41) is 11.3. The molecule has 5 nitrogen and oxygen atoms in total. The standard InChI is InChI=1S/C17H18N4O/c1-9(2)19-17(22)10-4-6-14-13(7-10)12-5-3-11-8-18-21-15(11)16(12)20-14/h4,6-9,20H,3,5H2,1-2H3,(H,18,21)(H,19,22). The molecule has 0 bridgehead atoms. The van der Waals surface area contributed by atoms with Crippen LogP contribution in [0.3, 0.4) is 0 Å². The maximum absolute atomic E-state index is 12.2. The molecule has 0 unspecified atom stereocenters. The number of fused-ring (bicyclic) bond motifs is 5. The number of carbonyl (C=O) groups is 1. The number of aryl methyl sites for hydroxylation is 2. The van der Waals surface area contributed by atoms with Crippen molar-refractivity contribution in [3.05, 3.63) is 41.1 Å². The molecule has 0 radical (unpaired) electrons. The average Bonchev–Trinajstić information content (AvgIpc) is 3.09. The molecule has 1 amide bonds. The fourth-order valence-electron chi connectivity index (χ4n) is 3.18. The molecule has 5 heteroatoms. The first-order valence-corrected chi connectivity index (χ1v) is 7.61. The Hall–Kier alpha value is -2.56. The van der Waals surface area contributed by atoms with Gasteiger partial charge in [0, 0.05) is 22.5 Å². The Balaban J connectivity index is 1.83. The third-order valence-electron chi connectivity index (χ3n) is 4.20. The molecule has 1 aliphatic carbocycles. The molecule has 1 aliphatic rings. The number of rotatable bonds is 2. The van der Waals surface area contributed by atoms with E-state index in [1.165, 1.54) is 11.1 Å². The summed E-state index contributed by atoms with van der Waals surface area (Å²) in [6, 6.07) is 5.98. The lowest BCUT2D eigenvalue weighted by atomic mass is 9.93. The van der Waals surface area contributed by atoms with Gasteiger partial charge in [0.2, 0.25) is 0 Å². The van der Waals surface area contributed by atoms with Crippen molar-refractivity contribution in [2.45, 2.75) is 32.7 Å². The second kappa shape index (κ2) is 4.73. The van der Waals surface area contributed by atoms with E-state index in [1.54, 1.807) is 0 Å². The van der Waals surface area contributed by atoms with E-state index in [9.17, 15) is 4.79 Å². The van der Waals surface area contributed by atoms with Gasteiger partial charge in [-0.2, -0.15) is 5.10 Å². The average molecular weight is 294 g/mol. The molecule has 0 atom stereocenters. The summed E-state index contributed by atoms with van der Waals surface area (Å²) in [6.07, 6.45) is 3.84. The number of hydrogen-bond acceptors (Lipinski definition) is 2. The molecule has 112 valence electrons. The monoisotopic (exact) mass is 294 g/mol. The van der Waals surface area contributed by atoms with Crippen LogP contribution in [0, 0.1) is 0 Å². The van der Waals surface area contributed by atoms with E-state index in [0.29, 0.717) is 5.56 Å². The van der Waals surface area contributed by atoms with Crippen molar-refractivity contribution in [3.63, 3.8) is 0 Å². The van der Waals surface area contributed by atoms with E-state index in [-0.39, 0.29) is 11.9 Å². The van der Waals surface area contributed by atoms with Gasteiger partial charge in [-0.1, -0.05) is 0 Å². The Morgan fingerprint density at radius 1 is 1.27 bits per heavy atom. The molecule has 0 fully saturated rings. The molecule has 3 aromatic rings. The fourth-order valence-corrected chi connectivity index (χ4v) is 3.18. The van der Waals surface area contributed by atoms with Gasteiger partial charge in [0.25, 0.3) is 5.91 Å². The van der Waals surface area contributed by atoms with E-state index in [4.69, 9.17) is 0 Å². The lowest BCUT2D eigenvalue weighted by molar-refractivity contribution is 0.0943. The molecule has 0 saturated carbocycles. The lowest BCUT2D eigenvalue weighted by Crippen LogP contribution is -2.29. The minimum absolute atomic E-state index is 0.0233. The quantitative estimate of drug-likeness (QED) is 0.680. The summed E-state index contributed by atoms with van der Waals surface area (Å²) in [4.78, 5) is 15.7. The summed E-state index contributed by atoms with van der Waals surface area (Å²) in [6.45, 7) is 3.93. The van der Waals surface area contributed by atoms with Crippen LogP contribution < -0.4 is 5.32 Å². The molecule has 2 aromatic heterocycles. The van der Waals surface area contributed by atoms with Crippen LogP contribution in [0.2, 0.25) is 0 Å². The smallest absolute Gasteiger partial charge is 0.251 e. The third-order valence-corrected chi connectivity index (χ3v) is 4.20. The largest absolute Gasteiger partial charge is 0.353 e. The van der Waals surface area contributed by atoms with Gasteiger partial charge in [0.1, 0.15) is 0 Å². The van der Waals surface area contributed by atoms with Crippen molar-refractivity contribution >= 4 is 16.8 Å². The van der Waals surface area contributed by atoms with E-state index in [0.717, 1.165) is 35.1 Å². The van der Waals surface area contributed by atoms with Crippen molar-refractivity contribution in [2.24, 2.45) is 0 Å². The summed E-state index contributed by atoms with van der Waals surface area (Å²) < 4.78 is 0. The van der Waals surface area contributed by atoms with Gasteiger partial charge in [-0.15, -0.1) is 0 Å². The van der Waals surface area contributed by atoms with Crippen LogP contribution in [0.4, 0.5) is 0 Å². The highest BCUT2D eigenvalue weighted by molar-refractivity contribution is 6.00. The van der Waals surface area contributed by atoms with Gasteiger partial charge in [-0.3, -0.25) is 9.89 Å². The summed E-state index contributed by atoms with van der Waals surface area (Å²) in [7, 11) is 0. The maximum Gasteiger partial charge on any atom is 0.251 e. The topological polar surface area (TPSA) is 73.6 Å². The first kappa shape index (κ1) is 13.1. The Morgan fingerprint density at radius 2 is 2.14 bits per heavy atom. The Kier molecular flexibility index (Phi) is 2.82. The zero-order valence-corrected chi connectivity index (χ0v) is 12.7. The number of H-pyrrole nitrogens is 2. The first-order chi connectivity index (χ1) is 10.6. The Bertz CT molecular complexity index is 872. The number of carbonyl (C=O) groups excluding carboxylic acids is 1. The second-order valence-electron chi connectivity index (χ2n) is 6.14.